The average Bonchev–Trinajstić information content (AvgIpc) is 3.35. The number of rotatable bonds is 6. The minimum atomic E-state index is -0.605. The van der Waals surface area contributed by atoms with Crippen molar-refractivity contribution in [2.45, 2.75) is 44.6 Å². The Labute approximate surface area is 161 Å². The molecule has 1 aromatic carbocycles. The lowest BCUT2D eigenvalue weighted by atomic mass is 9.95. The van der Waals surface area contributed by atoms with Gasteiger partial charge in [0.25, 0.3) is 5.89 Å². The third kappa shape index (κ3) is 3.69. The Hall–Kier alpha value is -2.61. The summed E-state index contributed by atoms with van der Waals surface area (Å²) in [4.78, 5) is 4.30. The standard InChI is InChI=1S/C20H22F2N4O2/c1-27-10-9-18-16(12-23-26(18)14-5-3-2-4-6-14)20-24-19(25-28-20)15-11-13(21)7-8-17(15)22/h7-8,11-12,14H,2-6,9-10H2,1H3. The zero-order valence-electron chi connectivity index (χ0n) is 15.7. The fourth-order valence-corrected chi connectivity index (χ4v) is 3.77. The van der Waals surface area contributed by atoms with Crippen LogP contribution < -0.4 is 0 Å². The smallest absolute Gasteiger partial charge is 0.261 e. The lowest BCUT2D eigenvalue weighted by Crippen LogP contribution is -2.17. The van der Waals surface area contributed by atoms with Crippen LogP contribution in [0.1, 0.15) is 43.8 Å². The van der Waals surface area contributed by atoms with E-state index in [1.807, 2.05) is 4.68 Å². The molecule has 0 spiro atoms. The number of nitrogens with zero attached hydrogens (tertiary/aromatic N) is 4. The van der Waals surface area contributed by atoms with E-state index in [1.54, 1.807) is 13.3 Å². The van der Waals surface area contributed by atoms with E-state index < -0.39 is 11.6 Å². The molecule has 0 N–H and O–H groups in total. The monoisotopic (exact) mass is 388 g/mol. The molecule has 1 aliphatic rings. The van der Waals surface area contributed by atoms with Gasteiger partial charge in [0.15, 0.2) is 0 Å². The molecule has 0 unspecified atom stereocenters. The summed E-state index contributed by atoms with van der Waals surface area (Å²) in [5.74, 6) is -0.915. The molecular weight excluding hydrogens is 366 g/mol. The second kappa shape index (κ2) is 8.18. The summed E-state index contributed by atoms with van der Waals surface area (Å²) >= 11 is 0. The summed E-state index contributed by atoms with van der Waals surface area (Å²) in [5.41, 5.74) is 1.63. The number of hydrogen-bond acceptors (Lipinski definition) is 5. The molecule has 28 heavy (non-hydrogen) atoms. The largest absolute Gasteiger partial charge is 0.384 e. The van der Waals surface area contributed by atoms with E-state index in [1.165, 1.54) is 19.3 Å². The number of benzene rings is 1. The Bertz CT molecular complexity index is 948. The van der Waals surface area contributed by atoms with Gasteiger partial charge in [-0.1, -0.05) is 24.4 Å². The van der Waals surface area contributed by atoms with Crippen LogP contribution in [0, 0.1) is 11.6 Å². The number of methoxy groups -OCH3 is 1. The first kappa shape index (κ1) is 18.7. The highest BCUT2D eigenvalue weighted by Gasteiger charge is 2.24. The summed E-state index contributed by atoms with van der Waals surface area (Å²) < 4.78 is 40.2. The quantitative estimate of drug-likeness (QED) is 0.619. The van der Waals surface area contributed by atoms with Crippen LogP contribution in [0.5, 0.6) is 0 Å². The molecule has 1 fully saturated rings. The molecule has 3 aromatic rings. The van der Waals surface area contributed by atoms with Crippen LogP contribution in [0.4, 0.5) is 8.78 Å². The summed E-state index contributed by atoms with van der Waals surface area (Å²) in [6.07, 6.45) is 8.16. The molecule has 148 valence electrons. The maximum Gasteiger partial charge on any atom is 0.261 e. The topological polar surface area (TPSA) is 66.0 Å². The normalized spacial score (nSPS) is 15.2. The van der Waals surface area contributed by atoms with Crippen LogP contribution in [-0.2, 0) is 11.2 Å². The van der Waals surface area contributed by atoms with Crippen molar-refractivity contribution in [3.8, 4) is 22.8 Å². The SMILES string of the molecule is COCCc1c(-c2nc(-c3cc(F)ccc3F)no2)cnn1C1CCCCC1. The van der Waals surface area contributed by atoms with E-state index >= 15 is 0 Å². The summed E-state index contributed by atoms with van der Waals surface area (Å²) in [7, 11) is 1.65. The molecule has 0 atom stereocenters. The van der Waals surface area contributed by atoms with Gasteiger partial charge in [-0.15, -0.1) is 0 Å². The van der Waals surface area contributed by atoms with Gasteiger partial charge >= 0.3 is 0 Å². The van der Waals surface area contributed by atoms with Gasteiger partial charge in [-0.3, -0.25) is 4.68 Å². The predicted octanol–water partition coefficient (Wildman–Crippen LogP) is 4.57. The molecular formula is C20H22F2N4O2. The molecule has 0 saturated heterocycles. The third-order valence-corrected chi connectivity index (χ3v) is 5.19. The van der Waals surface area contributed by atoms with Crippen molar-refractivity contribution in [2.75, 3.05) is 13.7 Å². The van der Waals surface area contributed by atoms with E-state index in [0.29, 0.717) is 24.6 Å². The van der Waals surface area contributed by atoms with Gasteiger partial charge in [0.2, 0.25) is 5.82 Å². The van der Waals surface area contributed by atoms with E-state index in [4.69, 9.17) is 9.26 Å². The zero-order chi connectivity index (χ0) is 19.5. The second-order valence-corrected chi connectivity index (χ2v) is 7.03. The van der Waals surface area contributed by atoms with Crippen molar-refractivity contribution in [2.24, 2.45) is 0 Å². The van der Waals surface area contributed by atoms with Crippen molar-refractivity contribution in [1.82, 2.24) is 19.9 Å². The molecule has 4 rings (SSSR count). The Morgan fingerprint density at radius 2 is 2.00 bits per heavy atom. The second-order valence-electron chi connectivity index (χ2n) is 7.03. The van der Waals surface area contributed by atoms with Crippen LogP contribution >= 0.6 is 0 Å². The van der Waals surface area contributed by atoms with Crippen LogP contribution in [0.2, 0.25) is 0 Å². The highest BCUT2D eigenvalue weighted by molar-refractivity contribution is 5.61. The van der Waals surface area contributed by atoms with Gasteiger partial charge in [0, 0.05) is 13.5 Å². The Morgan fingerprint density at radius 1 is 1.18 bits per heavy atom. The van der Waals surface area contributed by atoms with Crippen LogP contribution in [0.3, 0.4) is 0 Å². The molecule has 0 aliphatic heterocycles. The molecule has 1 saturated carbocycles. The number of ether oxygens (including phenoxy) is 1. The van der Waals surface area contributed by atoms with Crippen molar-refractivity contribution in [3.05, 3.63) is 41.7 Å². The number of halogens is 2. The molecule has 2 aromatic heterocycles. The summed E-state index contributed by atoms with van der Waals surface area (Å²) in [6.45, 7) is 0.533. The highest BCUT2D eigenvalue weighted by atomic mass is 19.1. The van der Waals surface area contributed by atoms with Gasteiger partial charge < -0.3 is 9.26 Å². The molecule has 1 aliphatic carbocycles. The van der Waals surface area contributed by atoms with E-state index in [9.17, 15) is 8.78 Å². The first-order valence-electron chi connectivity index (χ1n) is 9.52. The molecule has 0 amide bonds. The van der Waals surface area contributed by atoms with E-state index in [-0.39, 0.29) is 17.3 Å². The highest BCUT2D eigenvalue weighted by Crippen LogP contribution is 2.33. The van der Waals surface area contributed by atoms with Crippen LogP contribution in [0.15, 0.2) is 28.9 Å². The minimum absolute atomic E-state index is 0.00936. The fourth-order valence-electron chi connectivity index (χ4n) is 3.77. The molecule has 2 heterocycles. The van der Waals surface area contributed by atoms with E-state index in [2.05, 4.69) is 15.2 Å². The maximum absolute atomic E-state index is 14.0. The molecule has 6 nitrogen and oxygen atoms in total. The van der Waals surface area contributed by atoms with Gasteiger partial charge in [-0.25, -0.2) is 8.78 Å². The molecule has 0 bridgehead atoms. The maximum atomic E-state index is 14.0. The first-order valence-corrected chi connectivity index (χ1v) is 9.52. The number of hydrogen-bond donors (Lipinski definition) is 0. The predicted molar refractivity (Wildman–Crippen MR) is 98.6 cm³/mol. The lowest BCUT2D eigenvalue weighted by Gasteiger charge is -2.24. The van der Waals surface area contributed by atoms with Crippen molar-refractivity contribution in [3.63, 3.8) is 0 Å². The van der Waals surface area contributed by atoms with Crippen LogP contribution in [0.25, 0.3) is 22.8 Å². The Balaban J connectivity index is 1.70. The van der Waals surface area contributed by atoms with Crippen molar-refractivity contribution >= 4 is 0 Å². The Kier molecular flexibility index (Phi) is 5.47. The van der Waals surface area contributed by atoms with Gasteiger partial charge in [0.05, 0.1) is 35.7 Å². The molecule has 8 heteroatoms. The van der Waals surface area contributed by atoms with Crippen LogP contribution in [-0.4, -0.2) is 33.6 Å². The minimum Gasteiger partial charge on any atom is -0.384 e. The van der Waals surface area contributed by atoms with Gasteiger partial charge in [-0.05, 0) is 31.0 Å². The fraction of sp³-hybridized carbons (Fsp3) is 0.450. The number of aromatic nitrogens is 4. The van der Waals surface area contributed by atoms with Gasteiger partial charge in [0.1, 0.15) is 11.6 Å². The van der Waals surface area contributed by atoms with Crippen molar-refractivity contribution < 1.29 is 18.0 Å². The van der Waals surface area contributed by atoms with Crippen molar-refractivity contribution in [1.29, 1.82) is 0 Å². The summed E-state index contributed by atoms with van der Waals surface area (Å²) in [5, 5.41) is 8.43. The zero-order valence-corrected chi connectivity index (χ0v) is 15.7. The Morgan fingerprint density at radius 3 is 2.79 bits per heavy atom. The van der Waals surface area contributed by atoms with Gasteiger partial charge in [-0.2, -0.15) is 10.1 Å². The summed E-state index contributed by atoms with van der Waals surface area (Å²) in [6, 6.07) is 3.50. The van der Waals surface area contributed by atoms with E-state index in [0.717, 1.165) is 36.7 Å². The first-order chi connectivity index (χ1) is 13.7. The third-order valence-electron chi connectivity index (χ3n) is 5.19. The average molecular weight is 388 g/mol. The molecule has 0 radical (unpaired) electrons. The lowest BCUT2D eigenvalue weighted by molar-refractivity contribution is 0.198.